The van der Waals surface area contributed by atoms with Crippen LogP contribution in [0.1, 0.15) is 5.56 Å². The number of nitrogens with zero attached hydrogens (tertiary/aromatic N) is 2. The summed E-state index contributed by atoms with van der Waals surface area (Å²) in [4.78, 5) is 13.4. The van der Waals surface area contributed by atoms with Crippen molar-refractivity contribution in [1.82, 2.24) is 0 Å². The molecule has 0 amide bonds. The van der Waals surface area contributed by atoms with Gasteiger partial charge in [-0.2, -0.15) is 13.2 Å². The predicted octanol–water partition coefficient (Wildman–Crippen LogP) is 2.54. The number of hydrogen-bond acceptors (Lipinski definition) is 4. The molecule has 0 radical (unpaired) electrons. The van der Waals surface area contributed by atoms with Crippen molar-refractivity contribution in [2.24, 2.45) is 0 Å². The minimum Gasteiger partial charge on any atom is -0.485 e. The van der Waals surface area contributed by atoms with Crippen LogP contribution in [0.25, 0.3) is 0 Å². The van der Waals surface area contributed by atoms with E-state index in [1.807, 2.05) is 0 Å². The van der Waals surface area contributed by atoms with Gasteiger partial charge in [-0.25, -0.2) is 4.39 Å². The Hall–Kier alpha value is -2.88. The molecule has 10 heteroatoms. The van der Waals surface area contributed by atoms with Gasteiger partial charge in [0.15, 0.2) is 11.6 Å². The lowest BCUT2D eigenvalue weighted by atomic mass is 10.1. The lowest BCUT2D eigenvalue weighted by molar-refractivity contribution is -0.900. The third kappa shape index (κ3) is 5.14. The summed E-state index contributed by atoms with van der Waals surface area (Å²) in [5, 5.41) is 11.3. The van der Waals surface area contributed by atoms with E-state index >= 15 is 0 Å². The first-order valence-corrected chi connectivity index (χ1v) is 9.07. The van der Waals surface area contributed by atoms with E-state index in [4.69, 9.17) is 4.74 Å². The molecule has 0 bridgehead atoms. The molecule has 156 valence electrons. The monoisotopic (exact) mass is 414 g/mol. The average Bonchev–Trinajstić information content (AvgIpc) is 2.69. The second kappa shape index (κ2) is 8.64. The number of para-hydroxylation sites is 1. The maximum Gasteiger partial charge on any atom is 0.416 e. The maximum atomic E-state index is 13.5. The van der Waals surface area contributed by atoms with Crippen molar-refractivity contribution in [3.05, 3.63) is 64.0 Å². The molecule has 1 saturated heterocycles. The number of hydrogen-bond donors (Lipinski definition) is 1. The second-order valence-corrected chi connectivity index (χ2v) is 6.72. The van der Waals surface area contributed by atoms with Crippen molar-refractivity contribution in [2.75, 3.05) is 44.2 Å². The minimum absolute atomic E-state index is 0.185. The number of benzene rings is 2. The molecule has 29 heavy (non-hydrogen) atoms. The van der Waals surface area contributed by atoms with Gasteiger partial charge in [-0.3, -0.25) is 10.1 Å². The molecular weight excluding hydrogens is 394 g/mol. The number of quaternary nitrogens is 1. The molecule has 1 aliphatic rings. The Kier molecular flexibility index (Phi) is 6.21. The summed E-state index contributed by atoms with van der Waals surface area (Å²) in [6, 6.07) is 8.73. The van der Waals surface area contributed by atoms with Gasteiger partial charge >= 0.3 is 6.18 Å². The molecule has 1 heterocycles. The van der Waals surface area contributed by atoms with Gasteiger partial charge in [0.05, 0.1) is 36.7 Å². The Labute approximate surface area is 164 Å². The van der Waals surface area contributed by atoms with Crippen LogP contribution in [-0.4, -0.2) is 44.3 Å². The Bertz CT molecular complexity index is 868. The van der Waals surface area contributed by atoms with Gasteiger partial charge in [-0.15, -0.1) is 0 Å². The van der Waals surface area contributed by atoms with E-state index in [-0.39, 0.29) is 11.4 Å². The molecule has 1 N–H and O–H groups in total. The molecular formula is C19H20F4N3O3+. The van der Waals surface area contributed by atoms with Crippen molar-refractivity contribution in [1.29, 1.82) is 0 Å². The first kappa shape index (κ1) is 20.8. The van der Waals surface area contributed by atoms with Gasteiger partial charge in [-0.05, 0) is 24.3 Å². The second-order valence-electron chi connectivity index (χ2n) is 6.72. The Balaban J connectivity index is 1.58. The van der Waals surface area contributed by atoms with E-state index in [0.29, 0.717) is 45.4 Å². The van der Waals surface area contributed by atoms with E-state index in [9.17, 15) is 27.7 Å². The van der Waals surface area contributed by atoms with Gasteiger partial charge in [0.2, 0.25) is 0 Å². The summed E-state index contributed by atoms with van der Waals surface area (Å²) in [5.41, 5.74) is -1.40. The summed E-state index contributed by atoms with van der Waals surface area (Å²) < 4.78 is 57.5. The largest absolute Gasteiger partial charge is 0.485 e. The number of rotatable bonds is 6. The summed E-state index contributed by atoms with van der Waals surface area (Å²) in [7, 11) is 0. The normalized spacial score (nSPS) is 15.4. The molecule has 0 aliphatic carbocycles. The number of ether oxygens (including phenoxy) is 1. The van der Waals surface area contributed by atoms with Crippen LogP contribution in [0.2, 0.25) is 0 Å². The van der Waals surface area contributed by atoms with Crippen LogP contribution in [0.5, 0.6) is 5.75 Å². The first-order valence-electron chi connectivity index (χ1n) is 9.07. The molecule has 0 saturated carbocycles. The fourth-order valence-corrected chi connectivity index (χ4v) is 3.29. The predicted molar refractivity (Wildman–Crippen MR) is 97.8 cm³/mol. The lowest BCUT2D eigenvalue weighted by Crippen LogP contribution is -3.15. The molecule has 0 atom stereocenters. The highest BCUT2D eigenvalue weighted by atomic mass is 19.4. The molecule has 1 aliphatic heterocycles. The highest BCUT2D eigenvalue weighted by Gasteiger charge is 2.34. The smallest absolute Gasteiger partial charge is 0.416 e. The molecule has 3 rings (SSSR count). The fourth-order valence-electron chi connectivity index (χ4n) is 3.29. The average molecular weight is 414 g/mol. The van der Waals surface area contributed by atoms with Gasteiger partial charge in [0.1, 0.15) is 18.8 Å². The molecule has 0 aromatic heterocycles. The number of nitro groups is 1. The van der Waals surface area contributed by atoms with E-state index in [0.717, 1.165) is 12.1 Å². The first-order chi connectivity index (χ1) is 13.8. The number of halogens is 4. The lowest BCUT2D eigenvalue weighted by Gasteiger charge is -2.33. The van der Waals surface area contributed by atoms with Crippen LogP contribution in [0.15, 0.2) is 42.5 Å². The van der Waals surface area contributed by atoms with Crippen molar-refractivity contribution < 1.29 is 32.1 Å². The van der Waals surface area contributed by atoms with Crippen LogP contribution in [0, 0.1) is 15.9 Å². The SMILES string of the molecule is O=[N+]([O-])c1cc(C(F)(F)F)ccc1N1CC[NH+](CCOc2ccccc2F)CC1. The number of nitrogens with one attached hydrogen (secondary N) is 1. The highest BCUT2D eigenvalue weighted by molar-refractivity contribution is 5.64. The molecule has 0 spiro atoms. The summed E-state index contributed by atoms with van der Waals surface area (Å²) in [6.07, 6.45) is -4.63. The molecule has 0 unspecified atom stereocenters. The number of piperazine rings is 1. The van der Waals surface area contributed by atoms with Gasteiger partial charge in [0, 0.05) is 6.07 Å². The van der Waals surface area contributed by atoms with E-state index in [1.165, 1.54) is 11.0 Å². The Morgan fingerprint density at radius 1 is 1.14 bits per heavy atom. The zero-order valence-corrected chi connectivity index (χ0v) is 15.4. The van der Waals surface area contributed by atoms with Crippen molar-refractivity contribution in [3.63, 3.8) is 0 Å². The van der Waals surface area contributed by atoms with E-state index in [1.54, 1.807) is 23.1 Å². The maximum absolute atomic E-state index is 13.5. The van der Waals surface area contributed by atoms with Gasteiger partial charge in [-0.1, -0.05) is 12.1 Å². The third-order valence-electron chi connectivity index (χ3n) is 4.86. The zero-order chi connectivity index (χ0) is 21.0. The molecule has 6 nitrogen and oxygen atoms in total. The van der Waals surface area contributed by atoms with Crippen LogP contribution < -0.4 is 14.5 Å². The third-order valence-corrected chi connectivity index (χ3v) is 4.86. The Morgan fingerprint density at radius 3 is 2.45 bits per heavy atom. The highest BCUT2D eigenvalue weighted by Crippen LogP contribution is 2.36. The van der Waals surface area contributed by atoms with Crippen molar-refractivity contribution in [3.8, 4) is 5.75 Å². The summed E-state index contributed by atoms with van der Waals surface area (Å²) in [5.74, 6) is -0.243. The van der Waals surface area contributed by atoms with Crippen molar-refractivity contribution in [2.45, 2.75) is 6.18 Å². The van der Waals surface area contributed by atoms with E-state index < -0.39 is 28.2 Å². The number of alkyl halides is 3. The fraction of sp³-hybridized carbons (Fsp3) is 0.368. The molecule has 2 aromatic carbocycles. The standard InChI is InChI=1S/C19H19F4N3O3/c20-15-3-1-2-4-18(15)29-12-11-24-7-9-25(10-8-24)16-6-5-14(19(21,22)23)13-17(16)26(27)28/h1-6,13H,7-12H2/p+1. The zero-order valence-electron chi connectivity index (χ0n) is 15.4. The number of anilines is 1. The van der Waals surface area contributed by atoms with Crippen LogP contribution >= 0.6 is 0 Å². The summed E-state index contributed by atoms with van der Waals surface area (Å²) >= 11 is 0. The van der Waals surface area contributed by atoms with Crippen LogP contribution in [0.3, 0.4) is 0 Å². The summed E-state index contributed by atoms with van der Waals surface area (Å²) in [6.45, 7) is 3.13. The van der Waals surface area contributed by atoms with Gasteiger partial charge < -0.3 is 14.5 Å². The van der Waals surface area contributed by atoms with Crippen molar-refractivity contribution >= 4 is 11.4 Å². The molecule has 2 aromatic rings. The number of nitro benzene ring substituents is 1. The van der Waals surface area contributed by atoms with Gasteiger partial charge in [0.25, 0.3) is 5.69 Å². The Morgan fingerprint density at radius 2 is 1.83 bits per heavy atom. The topological polar surface area (TPSA) is 60.0 Å². The quantitative estimate of drug-likeness (QED) is 0.449. The minimum atomic E-state index is -4.63. The molecule has 1 fully saturated rings. The van der Waals surface area contributed by atoms with Crippen LogP contribution in [-0.2, 0) is 6.18 Å². The van der Waals surface area contributed by atoms with E-state index in [2.05, 4.69) is 0 Å². The van der Waals surface area contributed by atoms with Crippen LogP contribution in [0.4, 0.5) is 28.9 Å².